The highest BCUT2D eigenvalue weighted by molar-refractivity contribution is 5.86. The fraction of sp³-hybridized carbons (Fsp3) is 0.833. The van der Waals surface area contributed by atoms with Gasteiger partial charge in [0, 0.05) is 18.9 Å². The summed E-state index contributed by atoms with van der Waals surface area (Å²) in [5.41, 5.74) is 4.96. The van der Waals surface area contributed by atoms with Crippen molar-refractivity contribution in [2.45, 2.75) is 89.5 Å². The third-order valence-corrected chi connectivity index (χ3v) is 4.51. The van der Waals surface area contributed by atoms with Crippen molar-refractivity contribution in [3.05, 3.63) is 0 Å². The van der Waals surface area contributed by atoms with Gasteiger partial charge >= 0.3 is 0 Å². The summed E-state index contributed by atoms with van der Waals surface area (Å²) < 4.78 is 0. The number of nitrogens with one attached hydrogen (secondary N) is 2. The number of hydrogen-bond donors (Lipinski definition) is 3. The van der Waals surface area contributed by atoms with E-state index in [1.807, 2.05) is 0 Å². The van der Waals surface area contributed by atoms with E-state index in [-0.39, 0.29) is 37.2 Å². The van der Waals surface area contributed by atoms with Crippen LogP contribution in [0.1, 0.15) is 83.5 Å². The minimum absolute atomic E-state index is 0.0821. The molecule has 0 aliphatic heterocycles. The third-order valence-electron chi connectivity index (χ3n) is 4.51. The fourth-order valence-electron chi connectivity index (χ4n) is 3.11. The molecular formula is C18H33N3O3. The lowest BCUT2D eigenvalue weighted by Gasteiger charge is -2.19. The van der Waals surface area contributed by atoms with Gasteiger partial charge < -0.3 is 16.4 Å². The molecule has 0 bridgehead atoms. The molecule has 1 aliphatic carbocycles. The van der Waals surface area contributed by atoms with E-state index in [0.717, 1.165) is 25.7 Å². The number of hydrogen-bond acceptors (Lipinski definition) is 3. The largest absolute Gasteiger partial charge is 0.368 e. The second-order valence-electron chi connectivity index (χ2n) is 6.77. The maximum atomic E-state index is 12.0. The maximum absolute atomic E-state index is 12.0. The van der Waals surface area contributed by atoms with E-state index in [2.05, 4.69) is 10.6 Å². The summed E-state index contributed by atoms with van der Waals surface area (Å²) in [6.45, 7) is -0.178. The Hall–Kier alpha value is -1.59. The van der Waals surface area contributed by atoms with Crippen LogP contribution in [0.3, 0.4) is 0 Å². The van der Waals surface area contributed by atoms with Crippen LogP contribution in [0.4, 0.5) is 0 Å². The molecule has 1 fully saturated rings. The Labute approximate surface area is 145 Å². The lowest BCUT2D eigenvalue weighted by Crippen LogP contribution is -2.37. The minimum atomic E-state index is -0.582. The van der Waals surface area contributed by atoms with Gasteiger partial charge in [0.15, 0.2) is 0 Å². The smallest absolute Gasteiger partial charge is 0.236 e. The van der Waals surface area contributed by atoms with Gasteiger partial charge in [0.1, 0.15) is 0 Å². The van der Waals surface area contributed by atoms with Crippen LogP contribution >= 0.6 is 0 Å². The van der Waals surface area contributed by atoms with Crippen LogP contribution in [-0.2, 0) is 14.4 Å². The average Bonchev–Trinajstić information content (AvgIpc) is 2.53. The van der Waals surface area contributed by atoms with Crippen LogP contribution in [0.25, 0.3) is 0 Å². The number of primary amides is 1. The number of rotatable bonds is 6. The van der Waals surface area contributed by atoms with Crippen molar-refractivity contribution in [1.29, 1.82) is 0 Å². The lowest BCUT2D eigenvalue weighted by molar-refractivity contribution is -0.127. The van der Waals surface area contributed by atoms with Gasteiger partial charge in [-0.2, -0.15) is 0 Å². The van der Waals surface area contributed by atoms with Crippen LogP contribution in [0, 0.1) is 0 Å². The Morgan fingerprint density at radius 1 is 0.750 bits per heavy atom. The molecule has 1 saturated carbocycles. The van der Waals surface area contributed by atoms with Crippen molar-refractivity contribution in [3.8, 4) is 0 Å². The zero-order valence-electron chi connectivity index (χ0n) is 14.8. The second kappa shape index (κ2) is 12.8. The van der Waals surface area contributed by atoms with E-state index in [0.29, 0.717) is 0 Å². The van der Waals surface area contributed by atoms with Crippen LogP contribution in [0.2, 0.25) is 0 Å². The number of carbonyl (C=O) groups is 3. The molecule has 0 radical (unpaired) electrons. The molecule has 6 heteroatoms. The average molecular weight is 339 g/mol. The first-order valence-corrected chi connectivity index (χ1v) is 9.42. The molecule has 0 atom stereocenters. The molecule has 1 aliphatic rings. The van der Waals surface area contributed by atoms with Crippen molar-refractivity contribution in [3.63, 3.8) is 0 Å². The third kappa shape index (κ3) is 11.0. The second-order valence-corrected chi connectivity index (χ2v) is 6.77. The Morgan fingerprint density at radius 3 is 1.71 bits per heavy atom. The normalized spacial score (nSPS) is 18.0. The van der Waals surface area contributed by atoms with Gasteiger partial charge in [-0.3, -0.25) is 14.4 Å². The highest BCUT2D eigenvalue weighted by atomic mass is 16.2. The van der Waals surface area contributed by atoms with Gasteiger partial charge in [0.05, 0.1) is 6.54 Å². The topological polar surface area (TPSA) is 101 Å². The van der Waals surface area contributed by atoms with Gasteiger partial charge in [-0.1, -0.05) is 57.8 Å². The van der Waals surface area contributed by atoms with Crippen LogP contribution < -0.4 is 16.4 Å². The molecule has 0 aromatic rings. The minimum Gasteiger partial charge on any atom is -0.368 e. The van der Waals surface area contributed by atoms with Gasteiger partial charge in [-0.05, 0) is 12.8 Å². The Bertz CT molecular complexity index is 387. The molecule has 3 amide bonds. The predicted octanol–water partition coefficient (Wildman–Crippen LogP) is 2.16. The summed E-state index contributed by atoms with van der Waals surface area (Å²) in [5, 5.41) is 5.47. The van der Waals surface area contributed by atoms with Crippen molar-refractivity contribution in [2.24, 2.45) is 5.73 Å². The molecule has 138 valence electrons. The molecule has 24 heavy (non-hydrogen) atoms. The van der Waals surface area contributed by atoms with E-state index in [1.54, 1.807) is 0 Å². The van der Waals surface area contributed by atoms with Crippen LogP contribution in [0.5, 0.6) is 0 Å². The van der Waals surface area contributed by atoms with Crippen molar-refractivity contribution < 1.29 is 14.4 Å². The predicted molar refractivity (Wildman–Crippen MR) is 94.2 cm³/mol. The molecule has 0 heterocycles. The van der Waals surface area contributed by atoms with Gasteiger partial charge in [-0.25, -0.2) is 0 Å². The fourth-order valence-corrected chi connectivity index (χ4v) is 3.11. The van der Waals surface area contributed by atoms with Crippen LogP contribution in [0.15, 0.2) is 0 Å². The number of amides is 3. The first kappa shape index (κ1) is 20.5. The Balaban J connectivity index is 2.27. The van der Waals surface area contributed by atoms with E-state index < -0.39 is 5.91 Å². The monoisotopic (exact) mass is 339 g/mol. The molecule has 1 rings (SSSR count). The SMILES string of the molecule is NC(=O)CNC(=O)CCC(=O)NC1CCCCCCCCCCC1. The molecule has 0 unspecified atom stereocenters. The van der Waals surface area contributed by atoms with Gasteiger partial charge in [-0.15, -0.1) is 0 Å². The summed E-state index contributed by atoms with van der Waals surface area (Å²) in [7, 11) is 0. The molecule has 4 N–H and O–H groups in total. The van der Waals surface area contributed by atoms with Gasteiger partial charge in [0.25, 0.3) is 0 Å². The summed E-state index contributed by atoms with van der Waals surface area (Å²) in [5.74, 6) is -0.981. The van der Waals surface area contributed by atoms with E-state index in [4.69, 9.17) is 5.73 Å². The number of carbonyl (C=O) groups excluding carboxylic acids is 3. The quantitative estimate of drug-likeness (QED) is 0.691. The maximum Gasteiger partial charge on any atom is 0.236 e. The summed E-state index contributed by atoms with van der Waals surface area (Å²) in [6, 6.07) is 0.227. The van der Waals surface area contributed by atoms with Crippen molar-refractivity contribution in [2.75, 3.05) is 6.54 Å². The first-order valence-electron chi connectivity index (χ1n) is 9.42. The molecule has 0 spiro atoms. The molecule has 0 saturated heterocycles. The lowest BCUT2D eigenvalue weighted by atomic mass is 9.98. The highest BCUT2D eigenvalue weighted by Gasteiger charge is 2.14. The zero-order valence-corrected chi connectivity index (χ0v) is 14.8. The van der Waals surface area contributed by atoms with Crippen molar-refractivity contribution >= 4 is 17.7 Å². The highest BCUT2D eigenvalue weighted by Crippen LogP contribution is 2.17. The van der Waals surface area contributed by atoms with E-state index >= 15 is 0 Å². The van der Waals surface area contributed by atoms with E-state index in [9.17, 15) is 14.4 Å². The Kier molecular flexibility index (Phi) is 10.9. The van der Waals surface area contributed by atoms with Crippen LogP contribution in [-0.4, -0.2) is 30.3 Å². The van der Waals surface area contributed by atoms with Crippen molar-refractivity contribution in [1.82, 2.24) is 10.6 Å². The van der Waals surface area contributed by atoms with E-state index in [1.165, 1.54) is 44.9 Å². The number of nitrogens with two attached hydrogens (primary N) is 1. The summed E-state index contributed by atoms with van der Waals surface area (Å²) in [4.78, 5) is 34.1. The standard InChI is InChI=1S/C18H33N3O3/c19-16(22)14-20-17(23)12-13-18(24)21-15-10-8-6-4-2-1-3-5-7-9-11-15/h15H,1-14H2,(H2,19,22)(H,20,23)(H,21,24). The summed E-state index contributed by atoms with van der Waals surface area (Å²) >= 11 is 0. The first-order chi connectivity index (χ1) is 11.6. The molecule has 0 aromatic heterocycles. The molecule has 0 aromatic carbocycles. The summed E-state index contributed by atoms with van der Waals surface area (Å²) in [6.07, 6.45) is 13.7. The molecular weight excluding hydrogens is 306 g/mol. The van der Waals surface area contributed by atoms with Gasteiger partial charge in [0.2, 0.25) is 17.7 Å². The Morgan fingerprint density at radius 2 is 1.21 bits per heavy atom. The molecule has 6 nitrogen and oxygen atoms in total. The zero-order chi connectivity index (χ0) is 17.6.